The zero-order chi connectivity index (χ0) is 19.4. The normalized spacial score (nSPS) is 13.4. The molecule has 0 fully saturated rings. The molecule has 138 valence electrons. The van der Waals surface area contributed by atoms with Crippen molar-refractivity contribution in [2.45, 2.75) is 33.2 Å². The Balaban J connectivity index is 1.95. The molecule has 27 heavy (non-hydrogen) atoms. The molecule has 3 aromatic rings. The number of para-hydroxylation sites is 1. The van der Waals surface area contributed by atoms with Gasteiger partial charge in [0.15, 0.2) is 0 Å². The number of aromatic nitrogens is 3. The van der Waals surface area contributed by atoms with Crippen LogP contribution in [0, 0.1) is 13.8 Å². The van der Waals surface area contributed by atoms with Gasteiger partial charge in [0.1, 0.15) is 0 Å². The Kier molecular flexibility index (Phi) is 5.67. The van der Waals surface area contributed by atoms with E-state index in [9.17, 15) is 0 Å². The van der Waals surface area contributed by atoms with E-state index in [1.54, 1.807) is 0 Å². The third-order valence-electron chi connectivity index (χ3n) is 4.68. The molecule has 4 heteroatoms. The van der Waals surface area contributed by atoms with Gasteiger partial charge in [-0.1, -0.05) is 43.0 Å². The van der Waals surface area contributed by atoms with Crippen molar-refractivity contribution in [3.8, 4) is 0 Å². The SMILES string of the molecule is C=C(/C(=C\C=C/C)n1ncc2ccccc21)C(N)Cc1nc(C)ccc1C. The first-order valence-corrected chi connectivity index (χ1v) is 9.15. The molecule has 0 aliphatic rings. The number of benzene rings is 1. The van der Waals surface area contributed by atoms with Crippen molar-refractivity contribution in [3.05, 3.63) is 89.9 Å². The standard InChI is InChI=1S/C23H26N4/c1-5-6-10-22(27-23-11-8-7-9-19(23)15-25-27)18(4)20(24)14-21-16(2)12-13-17(3)26-21/h5-13,15,20H,4,14,24H2,1-3H3/b6-5-,22-10+. The summed E-state index contributed by atoms with van der Waals surface area (Å²) in [7, 11) is 0. The predicted molar refractivity (Wildman–Crippen MR) is 113 cm³/mol. The van der Waals surface area contributed by atoms with Crippen LogP contribution in [0.25, 0.3) is 16.6 Å². The summed E-state index contributed by atoms with van der Waals surface area (Å²) in [6.45, 7) is 10.3. The average molecular weight is 358 g/mol. The molecule has 2 N–H and O–H groups in total. The first-order chi connectivity index (χ1) is 13.0. The third-order valence-corrected chi connectivity index (χ3v) is 4.68. The Morgan fingerprint density at radius 2 is 2.00 bits per heavy atom. The number of pyridine rings is 1. The van der Waals surface area contributed by atoms with E-state index in [-0.39, 0.29) is 6.04 Å². The predicted octanol–water partition coefficient (Wildman–Crippen LogP) is 4.59. The maximum Gasteiger partial charge on any atom is 0.0741 e. The minimum atomic E-state index is -0.252. The topological polar surface area (TPSA) is 56.7 Å². The summed E-state index contributed by atoms with van der Waals surface area (Å²) in [5.74, 6) is 0. The van der Waals surface area contributed by atoms with Gasteiger partial charge in [-0.25, -0.2) is 4.68 Å². The van der Waals surface area contributed by atoms with Crippen LogP contribution in [0.5, 0.6) is 0 Å². The Morgan fingerprint density at radius 3 is 2.78 bits per heavy atom. The van der Waals surface area contributed by atoms with Crippen LogP contribution >= 0.6 is 0 Å². The molecule has 0 saturated heterocycles. The monoisotopic (exact) mass is 358 g/mol. The first kappa shape index (κ1) is 18.8. The minimum absolute atomic E-state index is 0.252. The molecule has 0 bridgehead atoms. The van der Waals surface area contributed by atoms with Crippen molar-refractivity contribution in [1.82, 2.24) is 14.8 Å². The zero-order valence-electron chi connectivity index (χ0n) is 16.2. The van der Waals surface area contributed by atoms with E-state index in [1.807, 2.05) is 61.2 Å². The number of fused-ring (bicyclic) bond motifs is 1. The van der Waals surface area contributed by atoms with Gasteiger partial charge < -0.3 is 5.73 Å². The summed E-state index contributed by atoms with van der Waals surface area (Å²) in [5, 5.41) is 5.66. The molecule has 1 atom stereocenters. The smallest absolute Gasteiger partial charge is 0.0741 e. The highest BCUT2D eigenvalue weighted by molar-refractivity contribution is 5.84. The highest BCUT2D eigenvalue weighted by Gasteiger charge is 2.17. The van der Waals surface area contributed by atoms with E-state index in [1.165, 1.54) is 0 Å². The average Bonchev–Trinajstić information content (AvgIpc) is 3.09. The Labute approximate surface area is 160 Å². The molecule has 0 aliphatic carbocycles. The van der Waals surface area contributed by atoms with Crippen molar-refractivity contribution < 1.29 is 0 Å². The van der Waals surface area contributed by atoms with Gasteiger partial charge >= 0.3 is 0 Å². The van der Waals surface area contributed by atoms with E-state index < -0.39 is 0 Å². The highest BCUT2D eigenvalue weighted by atomic mass is 15.3. The fourth-order valence-corrected chi connectivity index (χ4v) is 3.07. The molecule has 0 saturated carbocycles. The largest absolute Gasteiger partial charge is 0.324 e. The number of nitrogens with zero attached hydrogens (tertiary/aromatic N) is 3. The van der Waals surface area contributed by atoms with Gasteiger partial charge in [-0.3, -0.25) is 4.98 Å². The van der Waals surface area contributed by atoms with Gasteiger partial charge in [0.25, 0.3) is 0 Å². The van der Waals surface area contributed by atoms with Crippen molar-refractivity contribution in [1.29, 1.82) is 0 Å². The molecule has 0 radical (unpaired) electrons. The lowest BCUT2D eigenvalue weighted by Crippen LogP contribution is -2.28. The number of hydrogen-bond donors (Lipinski definition) is 1. The molecule has 0 aliphatic heterocycles. The Bertz CT molecular complexity index is 1020. The summed E-state index contributed by atoms with van der Waals surface area (Å²) in [6, 6.07) is 12.0. The van der Waals surface area contributed by atoms with Crippen LogP contribution in [-0.4, -0.2) is 20.8 Å². The van der Waals surface area contributed by atoms with Gasteiger partial charge in [-0.2, -0.15) is 5.10 Å². The van der Waals surface area contributed by atoms with Crippen LogP contribution in [0.2, 0.25) is 0 Å². The fourth-order valence-electron chi connectivity index (χ4n) is 3.07. The second-order valence-electron chi connectivity index (χ2n) is 6.74. The van der Waals surface area contributed by atoms with Gasteiger partial charge in [-0.05, 0) is 50.1 Å². The Morgan fingerprint density at radius 1 is 1.22 bits per heavy atom. The number of nitrogens with two attached hydrogens (primary N) is 1. The van der Waals surface area contributed by atoms with Crippen LogP contribution < -0.4 is 5.73 Å². The van der Waals surface area contributed by atoms with Gasteiger partial charge in [0.05, 0.1) is 17.4 Å². The van der Waals surface area contributed by atoms with Crippen LogP contribution in [0.4, 0.5) is 0 Å². The second-order valence-corrected chi connectivity index (χ2v) is 6.74. The molecule has 1 aromatic carbocycles. The number of aryl methyl sites for hydroxylation is 2. The van der Waals surface area contributed by atoms with Crippen molar-refractivity contribution >= 4 is 16.6 Å². The molecule has 2 heterocycles. The molecule has 4 nitrogen and oxygen atoms in total. The van der Waals surface area contributed by atoms with Gasteiger partial charge in [0, 0.05) is 29.2 Å². The minimum Gasteiger partial charge on any atom is -0.324 e. The summed E-state index contributed by atoms with van der Waals surface area (Å²) in [5.41, 5.74) is 12.5. The number of hydrogen-bond acceptors (Lipinski definition) is 3. The Hall–Kier alpha value is -2.98. The summed E-state index contributed by atoms with van der Waals surface area (Å²) in [4.78, 5) is 4.65. The van der Waals surface area contributed by atoms with Crippen LogP contribution in [0.1, 0.15) is 23.9 Å². The zero-order valence-corrected chi connectivity index (χ0v) is 16.2. The molecule has 0 spiro atoms. The summed E-state index contributed by atoms with van der Waals surface area (Å²) in [6.07, 6.45) is 8.48. The molecule has 0 amide bonds. The lowest BCUT2D eigenvalue weighted by Gasteiger charge is -2.19. The van der Waals surface area contributed by atoms with E-state index in [0.717, 1.165) is 39.1 Å². The quantitative estimate of drug-likeness (QED) is 0.656. The first-order valence-electron chi connectivity index (χ1n) is 9.15. The van der Waals surface area contributed by atoms with Crippen LogP contribution in [-0.2, 0) is 6.42 Å². The fraction of sp³-hybridized carbons (Fsp3) is 0.217. The second kappa shape index (κ2) is 8.14. The molecule has 2 aromatic heterocycles. The van der Waals surface area contributed by atoms with E-state index in [4.69, 9.17) is 5.73 Å². The number of rotatable bonds is 6. The van der Waals surface area contributed by atoms with Crippen LogP contribution in [0.15, 0.2) is 73.0 Å². The summed E-state index contributed by atoms with van der Waals surface area (Å²) >= 11 is 0. The van der Waals surface area contributed by atoms with E-state index >= 15 is 0 Å². The van der Waals surface area contributed by atoms with Crippen molar-refractivity contribution in [3.63, 3.8) is 0 Å². The maximum absolute atomic E-state index is 6.55. The summed E-state index contributed by atoms with van der Waals surface area (Å²) < 4.78 is 1.91. The van der Waals surface area contributed by atoms with Gasteiger partial charge in [-0.15, -0.1) is 0 Å². The lowest BCUT2D eigenvalue weighted by atomic mass is 9.98. The number of allylic oxidation sites excluding steroid dienone is 3. The highest BCUT2D eigenvalue weighted by Crippen LogP contribution is 2.24. The molecule has 1 unspecified atom stereocenters. The lowest BCUT2D eigenvalue weighted by molar-refractivity contribution is 0.745. The molecular weight excluding hydrogens is 332 g/mol. The van der Waals surface area contributed by atoms with Crippen molar-refractivity contribution in [2.75, 3.05) is 0 Å². The van der Waals surface area contributed by atoms with Gasteiger partial charge in [0.2, 0.25) is 0 Å². The molecule has 3 rings (SSSR count). The van der Waals surface area contributed by atoms with Crippen LogP contribution in [0.3, 0.4) is 0 Å². The van der Waals surface area contributed by atoms with E-state index in [2.05, 4.69) is 41.8 Å². The van der Waals surface area contributed by atoms with Crippen molar-refractivity contribution in [2.24, 2.45) is 5.73 Å². The van der Waals surface area contributed by atoms with E-state index in [0.29, 0.717) is 6.42 Å². The molecular formula is C23H26N4. The maximum atomic E-state index is 6.55. The third kappa shape index (κ3) is 4.07.